The van der Waals surface area contributed by atoms with Crippen molar-refractivity contribution in [1.29, 1.82) is 0 Å². The van der Waals surface area contributed by atoms with Gasteiger partial charge in [0.15, 0.2) is 5.82 Å². The number of nitrogens with one attached hydrogen (secondary N) is 2. The molecular formula is C9H8N4O2S. The lowest BCUT2D eigenvalue weighted by Gasteiger charge is -2.01. The quantitative estimate of drug-likeness (QED) is 0.476. The van der Waals surface area contributed by atoms with E-state index < -0.39 is 4.92 Å². The second-order valence-electron chi connectivity index (χ2n) is 3.27. The highest BCUT2D eigenvalue weighted by Gasteiger charge is 2.11. The van der Waals surface area contributed by atoms with Gasteiger partial charge in [-0.15, -0.1) is 0 Å². The van der Waals surface area contributed by atoms with Crippen LogP contribution in [-0.4, -0.2) is 20.1 Å². The van der Waals surface area contributed by atoms with Crippen molar-refractivity contribution < 1.29 is 4.92 Å². The summed E-state index contributed by atoms with van der Waals surface area (Å²) in [6, 6.07) is 4.61. The van der Waals surface area contributed by atoms with Crippen LogP contribution in [0.5, 0.6) is 0 Å². The van der Waals surface area contributed by atoms with Crippen molar-refractivity contribution in [2.45, 2.75) is 6.92 Å². The fraction of sp³-hybridized carbons (Fsp3) is 0.111. The molecule has 0 saturated carbocycles. The largest absolute Gasteiger partial charge is 0.282 e. The van der Waals surface area contributed by atoms with Crippen LogP contribution >= 0.6 is 12.2 Å². The molecule has 0 atom stereocenters. The van der Waals surface area contributed by atoms with Crippen LogP contribution in [0.25, 0.3) is 11.4 Å². The number of aromatic nitrogens is 3. The van der Waals surface area contributed by atoms with E-state index in [0.717, 1.165) is 5.56 Å². The number of nitro benzene ring substituents is 1. The smallest absolute Gasteiger partial charge is 0.270 e. The molecule has 1 aromatic heterocycles. The number of nitro groups is 1. The summed E-state index contributed by atoms with van der Waals surface area (Å²) in [5.74, 6) is 0.506. The van der Waals surface area contributed by atoms with Crippen LogP contribution in [0.1, 0.15) is 5.56 Å². The Hall–Kier alpha value is -2.02. The molecular weight excluding hydrogens is 228 g/mol. The van der Waals surface area contributed by atoms with Crippen molar-refractivity contribution in [3.8, 4) is 11.4 Å². The maximum absolute atomic E-state index is 10.6. The van der Waals surface area contributed by atoms with E-state index in [9.17, 15) is 10.1 Å². The lowest BCUT2D eigenvalue weighted by atomic mass is 10.1. The highest BCUT2D eigenvalue weighted by molar-refractivity contribution is 7.71. The van der Waals surface area contributed by atoms with Crippen LogP contribution in [0.15, 0.2) is 18.2 Å². The molecule has 6 nitrogen and oxygen atoms in total. The molecule has 1 heterocycles. The monoisotopic (exact) mass is 236 g/mol. The van der Waals surface area contributed by atoms with Gasteiger partial charge in [0.1, 0.15) is 0 Å². The van der Waals surface area contributed by atoms with Crippen molar-refractivity contribution in [2.75, 3.05) is 0 Å². The average molecular weight is 236 g/mol. The lowest BCUT2D eigenvalue weighted by molar-refractivity contribution is -0.384. The van der Waals surface area contributed by atoms with Gasteiger partial charge in [-0.25, -0.2) is 0 Å². The number of aromatic amines is 2. The minimum absolute atomic E-state index is 0.0305. The topological polar surface area (TPSA) is 87.6 Å². The Morgan fingerprint density at radius 2 is 2.19 bits per heavy atom. The van der Waals surface area contributed by atoms with Crippen LogP contribution in [0.2, 0.25) is 0 Å². The molecule has 0 amide bonds. The first-order valence-electron chi connectivity index (χ1n) is 4.48. The molecule has 1 aromatic carbocycles. The van der Waals surface area contributed by atoms with E-state index in [0.29, 0.717) is 16.2 Å². The summed E-state index contributed by atoms with van der Waals surface area (Å²) >= 11 is 4.83. The third kappa shape index (κ3) is 1.84. The zero-order valence-corrected chi connectivity index (χ0v) is 9.17. The highest BCUT2D eigenvalue weighted by atomic mass is 32.1. The molecule has 0 unspecified atom stereocenters. The predicted molar refractivity (Wildman–Crippen MR) is 60.6 cm³/mol. The second kappa shape index (κ2) is 3.86. The molecule has 0 aliphatic heterocycles. The first-order valence-corrected chi connectivity index (χ1v) is 4.89. The minimum Gasteiger partial charge on any atom is -0.282 e. The fourth-order valence-corrected chi connectivity index (χ4v) is 1.52. The SMILES string of the molecule is Cc1ccc([N+](=O)[O-])cc1-c1nc(=S)[nH][nH]1. The van der Waals surface area contributed by atoms with E-state index in [1.54, 1.807) is 6.07 Å². The maximum atomic E-state index is 10.6. The average Bonchev–Trinajstić information content (AvgIpc) is 2.65. The zero-order valence-electron chi connectivity index (χ0n) is 8.35. The number of nitrogens with zero attached hydrogens (tertiary/aromatic N) is 2. The van der Waals surface area contributed by atoms with E-state index in [2.05, 4.69) is 15.2 Å². The van der Waals surface area contributed by atoms with Crippen molar-refractivity contribution in [3.63, 3.8) is 0 Å². The van der Waals surface area contributed by atoms with Crippen LogP contribution < -0.4 is 0 Å². The summed E-state index contributed by atoms with van der Waals surface area (Å²) in [5, 5.41) is 16.1. The molecule has 7 heteroatoms. The Labute approximate surface area is 95.5 Å². The second-order valence-corrected chi connectivity index (χ2v) is 3.66. The van der Waals surface area contributed by atoms with Gasteiger partial charge in [0.05, 0.1) is 4.92 Å². The number of hydrogen-bond acceptors (Lipinski definition) is 4. The Balaban J connectivity index is 2.59. The van der Waals surface area contributed by atoms with E-state index >= 15 is 0 Å². The van der Waals surface area contributed by atoms with Gasteiger partial charge < -0.3 is 0 Å². The Bertz CT molecular complexity index is 602. The van der Waals surface area contributed by atoms with E-state index in [4.69, 9.17) is 12.2 Å². The normalized spacial score (nSPS) is 10.3. The van der Waals surface area contributed by atoms with Crippen LogP contribution in [0.4, 0.5) is 5.69 Å². The van der Waals surface area contributed by atoms with Crippen molar-refractivity contribution in [1.82, 2.24) is 15.2 Å². The summed E-state index contributed by atoms with van der Waals surface area (Å²) in [7, 11) is 0. The third-order valence-corrected chi connectivity index (χ3v) is 2.38. The Morgan fingerprint density at radius 3 is 2.75 bits per heavy atom. The lowest BCUT2D eigenvalue weighted by Crippen LogP contribution is -1.91. The third-order valence-electron chi connectivity index (χ3n) is 2.19. The predicted octanol–water partition coefficient (Wildman–Crippen LogP) is 2.35. The molecule has 16 heavy (non-hydrogen) atoms. The molecule has 0 saturated heterocycles. The van der Waals surface area contributed by atoms with Crippen molar-refractivity contribution >= 4 is 17.9 Å². The summed E-state index contributed by atoms with van der Waals surface area (Å²) < 4.78 is 0.320. The summed E-state index contributed by atoms with van der Waals surface area (Å²) in [6.07, 6.45) is 0. The Kier molecular flexibility index (Phi) is 2.53. The van der Waals surface area contributed by atoms with Crippen molar-refractivity contribution in [3.05, 3.63) is 38.6 Å². The number of aryl methyl sites for hydroxylation is 1. The zero-order chi connectivity index (χ0) is 11.7. The summed E-state index contributed by atoms with van der Waals surface area (Å²) in [4.78, 5) is 14.2. The first kappa shape index (κ1) is 10.5. The molecule has 0 aliphatic rings. The summed E-state index contributed by atoms with van der Waals surface area (Å²) in [6.45, 7) is 1.85. The van der Waals surface area contributed by atoms with E-state index in [-0.39, 0.29) is 5.69 Å². The molecule has 2 aromatic rings. The molecule has 0 spiro atoms. The Morgan fingerprint density at radius 1 is 1.44 bits per heavy atom. The van der Waals surface area contributed by atoms with E-state index in [1.807, 2.05) is 6.92 Å². The van der Waals surface area contributed by atoms with Crippen LogP contribution in [0.3, 0.4) is 0 Å². The molecule has 2 rings (SSSR count). The van der Waals surface area contributed by atoms with Crippen LogP contribution in [0, 0.1) is 21.8 Å². The van der Waals surface area contributed by atoms with Gasteiger partial charge in [0.25, 0.3) is 5.69 Å². The number of rotatable bonds is 2. The molecule has 0 aliphatic carbocycles. The van der Waals surface area contributed by atoms with Gasteiger partial charge in [-0.3, -0.25) is 20.3 Å². The van der Waals surface area contributed by atoms with Gasteiger partial charge in [-0.2, -0.15) is 4.98 Å². The minimum atomic E-state index is -0.440. The van der Waals surface area contributed by atoms with E-state index in [1.165, 1.54) is 12.1 Å². The van der Waals surface area contributed by atoms with Gasteiger partial charge in [0, 0.05) is 17.7 Å². The number of non-ortho nitro benzene ring substituents is 1. The standard InChI is InChI=1S/C9H8N4O2S/c1-5-2-3-6(13(14)15)4-7(5)8-10-9(16)12-11-8/h2-4H,1H3,(H2,10,11,12,16). The van der Waals surface area contributed by atoms with Gasteiger partial charge in [-0.1, -0.05) is 6.07 Å². The number of hydrogen-bond donors (Lipinski definition) is 2. The number of H-pyrrole nitrogens is 2. The van der Waals surface area contributed by atoms with Gasteiger partial charge >= 0.3 is 0 Å². The maximum Gasteiger partial charge on any atom is 0.270 e. The fourth-order valence-electron chi connectivity index (χ4n) is 1.38. The molecule has 0 bridgehead atoms. The highest BCUT2D eigenvalue weighted by Crippen LogP contribution is 2.24. The molecule has 0 fully saturated rings. The van der Waals surface area contributed by atoms with Gasteiger partial charge in [0.2, 0.25) is 4.77 Å². The number of benzene rings is 1. The van der Waals surface area contributed by atoms with Gasteiger partial charge in [-0.05, 0) is 24.7 Å². The molecule has 82 valence electrons. The first-order chi connectivity index (χ1) is 7.58. The molecule has 2 N–H and O–H groups in total. The summed E-state index contributed by atoms with van der Waals surface area (Å²) in [5.41, 5.74) is 1.59. The molecule has 0 radical (unpaired) electrons. The van der Waals surface area contributed by atoms with Crippen molar-refractivity contribution in [2.24, 2.45) is 0 Å². The van der Waals surface area contributed by atoms with Crippen LogP contribution in [-0.2, 0) is 0 Å².